The van der Waals surface area contributed by atoms with Gasteiger partial charge >= 0.3 is 0 Å². The Hall–Kier alpha value is -3.50. The van der Waals surface area contributed by atoms with Gasteiger partial charge in [0, 0.05) is 11.1 Å². The van der Waals surface area contributed by atoms with Crippen LogP contribution in [0.15, 0.2) is 78.9 Å². The Labute approximate surface area is 162 Å². The van der Waals surface area contributed by atoms with Gasteiger partial charge in [0.2, 0.25) is 5.91 Å². The average Bonchev–Trinajstić information content (AvgIpc) is 3.08. The molecule has 1 aromatic heterocycles. The van der Waals surface area contributed by atoms with E-state index in [0.717, 1.165) is 44.5 Å². The van der Waals surface area contributed by atoms with Crippen molar-refractivity contribution in [2.45, 2.75) is 12.5 Å². The number of hydrogen-bond acceptors (Lipinski definition) is 3. The maximum atomic E-state index is 12.7. The number of amides is 1. The standard InChI is InChI=1S/C24H18N2O2/c27-14-15-5-7-16(8-6-15)18-10-11-21-19(13-18)23(24(28)26-21)22-12-9-17-3-1-2-4-20(17)25-22/h1-13,23,27H,14H2,(H,26,28). The van der Waals surface area contributed by atoms with Crippen molar-refractivity contribution >= 4 is 22.5 Å². The molecule has 136 valence electrons. The number of aliphatic hydroxyl groups excluding tert-OH is 1. The Kier molecular flexibility index (Phi) is 3.92. The van der Waals surface area contributed by atoms with Gasteiger partial charge in [-0.25, -0.2) is 0 Å². The first kappa shape index (κ1) is 16.7. The second-order valence-electron chi connectivity index (χ2n) is 7.01. The van der Waals surface area contributed by atoms with E-state index in [-0.39, 0.29) is 12.5 Å². The summed E-state index contributed by atoms with van der Waals surface area (Å²) < 4.78 is 0. The Bertz CT molecular complexity index is 1200. The summed E-state index contributed by atoms with van der Waals surface area (Å²) in [6, 6.07) is 25.7. The summed E-state index contributed by atoms with van der Waals surface area (Å²) >= 11 is 0. The monoisotopic (exact) mass is 366 g/mol. The zero-order valence-electron chi connectivity index (χ0n) is 15.1. The van der Waals surface area contributed by atoms with Crippen molar-refractivity contribution in [2.24, 2.45) is 0 Å². The van der Waals surface area contributed by atoms with Crippen molar-refractivity contribution < 1.29 is 9.90 Å². The lowest BCUT2D eigenvalue weighted by molar-refractivity contribution is -0.116. The summed E-state index contributed by atoms with van der Waals surface area (Å²) in [5.41, 5.74) is 6.37. The van der Waals surface area contributed by atoms with Crippen molar-refractivity contribution in [2.75, 3.05) is 5.32 Å². The molecule has 5 rings (SSSR count). The maximum absolute atomic E-state index is 12.7. The summed E-state index contributed by atoms with van der Waals surface area (Å²) in [5.74, 6) is -0.471. The molecule has 1 aliphatic rings. The maximum Gasteiger partial charge on any atom is 0.238 e. The Balaban J connectivity index is 1.59. The van der Waals surface area contributed by atoms with Crippen molar-refractivity contribution in [3.8, 4) is 11.1 Å². The van der Waals surface area contributed by atoms with Crippen LogP contribution in [-0.2, 0) is 11.4 Å². The highest BCUT2D eigenvalue weighted by Crippen LogP contribution is 2.39. The van der Waals surface area contributed by atoms with Gasteiger partial charge in [0.1, 0.15) is 5.92 Å². The van der Waals surface area contributed by atoms with Crippen LogP contribution in [0.25, 0.3) is 22.0 Å². The minimum absolute atomic E-state index is 0.0264. The largest absolute Gasteiger partial charge is 0.392 e. The number of aromatic nitrogens is 1. The lowest BCUT2D eigenvalue weighted by Gasteiger charge is -2.11. The zero-order chi connectivity index (χ0) is 19.1. The average molecular weight is 366 g/mol. The molecule has 1 atom stereocenters. The summed E-state index contributed by atoms with van der Waals surface area (Å²) in [6.07, 6.45) is 0. The SMILES string of the molecule is O=C1Nc2ccc(-c3ccc(CO)cc3)cc2C1c1ccc2ccccc2n1. The summed E-state index contributed by atoms with van der Waals surface area (Å²) in [6.45, 7) is 0.0264. The molecular weight excluding hydrogens is 348 g/mol. The second-order valence-corrected chi connectivity index (χ2v) is 7.01. The molecule has 4 heteroatoms. The highest BCUT2D eigenvalue weighted by Gasteiger charge is 2.33. The molecule has 3 aromatic carbocycles. The first-order chi connectivity index (χ1) is 13.7. The molecule has 0 radical (unpaired) electrons. The molecule has 1 unspecified atom stereocenters. The Morgan fingerprint density at radius 2 is 1.68 bits per heavy atom. The molecule has 4 aromatic rings. The van der Waals surface area contributed by atoms with Gasteiger partial charge < -0.3 is 10.4 Å². The third-order valence-corrected chi connectivity index (χ3v) is 5.27. The van der Waals surface area contributed by atoms with Gasteiger partial charge in [0.15, 0.2) is 0 Å². The highest BCUT2D eigenvalue weighted by atomic mass is 16.3. The van der Waals surface area contributed by atoms with Gasteiger partial charge in [0.05, 0.1) is 17.8 Å². The molecule has 0 bridgehead atoms. The van der Waals surface area contributed by atoms with E-state index in [1.807, 2.05) is 72.8 Å². The quantitative estimate of drug-likeness (QED) is 0.562. The first-order valence-electron chi connectivity index (χ1n) is 9.23. The van der Waals surface area contributed by atoms with Gasteiger partial charge in [-0.15, -0.1) is 0 Å². The normalized spacial score (nSPS) is 15.5. The van der Waals surface area contributed by atoms with Gasteiger partial charge in [-0.3, -0.25) is 9.78 Å². The van der Waals surface area contributed by atoms with E-state index in [9.17, 15) is 9.90 Å². The smallest absolute Gasteiger partial charge is 0.238 e. The zero-order valence-corrected chi connectivity index (χ0v) is 15.1. The number of nitrogens with one attached hydrogen (secondary N) is 1. The number of nitrogens with zero attached hydrogens (tertiary/aromatic N) is 1. The fourth-order valence-corrected chi connectivity index (χ4v) is 3.78. The second kappa shape index (κ2) is 6.59. The van der Waals surface area contributed by atoms with Crippen molar-refractivity contribution in [1.29, 1.82) is 0 Å². The van der Waals surface area contributed by atoms with Crippen LogP contribution >= 0.6 is 0 Å². The van der Waals surface area contributed by atoms with Crippen LogP contribution in [0.2, 0.25) is 0 Å². The molecule has 0 aliphatic carbocycles. The molecule has 0 saturated heterocycles. The molecule has 1 amide bonds. The number of benzene rings is 3. The Morgan fingerprint density at radius 3 is 2.50 bits per heavy atom. The molecule has 28 heavy (non-hydrogen) atoms. The van der Waals surface area contributed by atoms with Crippen LogP contribution < -0.4 is 5.32 Å². The summed E-state index contributed by atoms with van der Waals surface area (Å²) in [7, 11) is 0. The van der Waals surface area contributed by atoms with Crippen molar-refractivity contribution in [3.63, 3.8) is 0 Å². The number of rotatable bonds is 3. The first-order valence-corrected chi connectivity index (χ1v) is 9.23. The minimum atomic E-state index is -0.420. The van der Waals surface area contributed by atoms with Gasteiger partial charge in [-0.2, -0.15) is 0 Å². The van der Waals surface area contributed by atoms with E-state index >= 15 is 0 Å². The lowest BCUT2D eigenvalue weighted by atomic mass is 9.93. The fourth-order valence-electron chi connectivity index (χ4n) is 3.78. The fraction of sp³-hybridized carbons (Fsp3) is 0.0833. The number of carbonyl (C=O) groups is 1. The van der Waals surface area contributed by atoms with Gasteiger partial charge in [-0.1, -0.05) is 54.6 Å². The lowest BCUT2D eigenvalue weighted by Crippen LogP contribution is -2.14. The van der Waals surface area contributed by atoms with Crippen LogP contribution in [0.5, 0.6) is 0 Å². The predicted octanol–water partition coefficient (Wildman–Crippen LogP) is 4.48. The number of hydrogen-bond donors (Lipinski definition) is 2. The third kappa shape index (κ3) is 2.75. The predicted molar refractivity (Wildman–Crippen MR) is 110 cm³/mol. The number of aliphatic hydroxyl groups is 1. The van der Waals surface area contributed by atoms with Gasteiger partial charge in [-0.05, 0) is 46.5 Å². The van der Waals surface area contributed by atoms with Crippen LogP contribution in [0.3, 0.4) is 0 Å². The van der Waals surface area contributed by atoms with Crippen molar-refractivity contribution in [1.82, 2.24) is 4.98 Å². The minimum Gasteiger partial charge on any atom is -0.392 e. The van der Waals surface area contributed by atoms with E-state index in [4.69, 9.17) is 4.98 Å². The Morgan fingerprint density at radius 1 is 0.893 bits per heavy atom. The topological polar surface area (TPSA) is 62.2 Å². The van der Waals surface area contributed by atoms with Crippen LogP contribution in [0, 0.1) is 0 Å². The number of fused-ring (bicyclic) bond motifs is 2. The van der Waals surface area contributed by atoms with Crippen LogP contribution in [-0.4, -0.2) is 16.0 Å². The number of pyridine rings is 1. The number of carbonyl (C=O) groups excluding carboxylic acids is 1. The van der Waals surface area contributed by atoms with Gasteiger partial charge in [0.25, 0.3) is 0 Å². The number of anilines is 1. The molecule has 0 spiro atoms. The molecule has 4 nitrogen and oxygen atoms in total. The summed E-state index contributed by atoms with van der Waals surface area (Å²) in [4.78, 5) is 17.5. The molecular formula is C24H18N2O2. The highest BCUT2D eigenvalue weighted by molar-refractivity contribution is 6.05. The molecule has 2 heterocycles. The van der Waals surface area contributed by atoms with E-state index < -0.39 is 5.92 Å². The molecule has 2 N–H and O–H groups in total. The van der Waals surface area contributed by atoms with E-state index in [1.165, 1.54) is 0 Å². The molecule has 0 saturated carbocycles. The van der Waals surface area contributed by atoms with E-state index in [2.05, 4.69) is 11.4 Å². The van der Waals surface area contributed by atoms with E-state index in [0.29, 0.717) is 0 Å². The van der Waals surface area contributed by atoms with Crippen LogP contribution in [0.1, 0.15) is 22.7 Å². The third-order valence-electron chi connectivity index (χ3n) is 5.27. The van der Waals surface area contributed by atoms with E-state index in [1.54, 1.807) is 0 Å². The van der Waals surface area contributed by atoms with Crippen molar-refractivity contribution in [3.05, 3.63) is 95.7 Å². The summed E-state index contributed by atoms with van der Waals surface area (Å²) in [5, 5.41) is 13.3. The number of para-hydroxylation sites is 1. The molecule has 0 fully saturated rings. The molecule has 1 aliphatic heterocycles. The van der Waals surface area contributed by atoms with Crippen LogP contribution in [0.4, 0.5) is 5.69 Å².